The van der Waals surface area contributed by atoms with Gasteiger partial charge < -0.3 is 15.3 Å². The molecule has 1 amide bonds. The lowest BCUT2D eigenvalue weighted by molar-refractivity contribution is -0.119. The van der Waals surface area contributed by atoms with Gasteiger partial charge in [0.25, 0.3) is 0 Å². The second-order valence-electron chi connectivity index (χ2n) is 4.04. The Balaban J connectivity index is 2.74. The Morgan fingerprint density at radius 3 is 2.74 bits per heavy atom. The number of rotatable bonds is 6. The Morgan fingerprint density at radius 1 is 1.53 bits per heavy atom. The predicted molar refractivity (Wildman–Crippen MR) is 72.8 cm³/mol. The van der Waals surface area contributed by atoms with Crippen LogP contribution in [-0.4, -0.2) is 42.1 Å². The van der Waals surface area contributed by atoms with Gasteiger partial charge in [0.1, 0.15) is 5.82 Å². The average molecular weight is 286 g/mol. The van der Waals surface area contributed by atoms with Gasteiger partial charge >= 0.3 is 5.97 Å². The summed E-state index contributed by atoms with van der Waals surface area (Å²) in [6.45, 7) is 2.69. The van der Waals surface area contributed by atoms with Gasteiger partial charge in [-0.25, -0.2) is 9.78 Å². The molecule has 7 heteroatoms. The minimum Gasteiger partial charge on any atom is -0.478 e. The first-order valence-electron chi connectivity index (χ1n) is 5.82. The summed E-state index contributed by atoms with van der Waals surface area (Å²) in [6, 6.07) is 1.31. The Kier molecular flexibility index (Phi) is 5.57. The number of hydrogen-bond donors (Lipinski definition) is 2. The molecule has 1 rings (SSSR count). The molecule has 0 saturated carbocycles. The van der Waals surface area contributed by atoms with E-state index in [1.807, 2.05) is 6.92 Å². The van der Waals surface area contributed by atoms with Gasteiger partial charge in [-0.3, -0.25) is 4.79 Å². The van der Waals surface area contributed by atoms with Crippen molar-refractivity contribution in [3.8, 4) is 0 Å². The first-order chi connectivity index (χ1) is 8.95. The highest BCUT2D eigenvalue weighted by Crippen LogP contribution is 2.22. The quantitative estimate of drug-likeness (QED) is 0.825. The number of carboxylic acid groups (broad SMARTS) is 1. The molecule has 1 heterocycles. The van der Waals surface area contributed by atoms with Crippen molar-refractivity contribution in [2.45, 2.75) is 13.3 Å². The molecule has 0 fully saturated rings. The molecule has 6 nitrogen and oxygen atoms in total. The summed E-state index contributed by atoms with van der Waals surface area (Å²) < 4.78 is 0. The lowest BCUT2D eigenvalue weighted by Crippen LogP contribution is -2.36. The minimum atomic E-state index is -1.09. The van der Waals surface area contributed by atoms with Crippen LogP contribution in [0.15, 0.2) is 12.3 Å². The van der Waals surface area contributed by atoms with Crippen molar-refractivity contribution in [3.05, 3.63) is 22.8 Å². The van der Waals surface area contributed by atoms with Crippen LogP contribution in [-0.2, 0) is 4.79 Å². The van der Waals surface area contributed by atoms with E-state index in [0.29, 0.717) is 12.4 Å². The maximum Gasteiger partial charge on any atom is 0.337 e. The van der Waals surface area contributed by atoms with Gasteiger partial charge in [-0.05, 0) is 12.5 Å². The molecule has 0 unspecified atom stereocenters. The molecular weight excluding hydrogens is 270 g/mol. The van der Waals surface area contributed by atoms with Gasteiger partial charge in [0, 0.05) is 19.8 Å². The lowest BCUT2D eigenvalue weighted by atomic mass is 10.3. The summed E-state index contributed by atoms with van der Waals surface area (Å²) in [5.41, 5.74) is 0.0117. The number of halogens is 1. The smallest absolute Gasteiger partial charge is 0.337 e. The monoisotopic (exact) mass is 285 g/mol. The van der Waals surface area contributed by atoms with Gasteiger partial charge in [-0.15, -0.1) is 0 Å². The number of carbonyl (C=O) groups excluding carboxylic acids is 1. The maximum atomic E-state index is 11.6. The maximum absolute atomic E-state index is 11.6. The Morgan fingerprint density at radius 2 is 2.21 bits per heavy atom. The molecule has 0 spiro atoms. The molecule has 104 valence electrons. The van der Waals surface area contributed by atoms with E-state index >= 15 is 0 Å². The van der Waals surface area contributed by atoms with Crippen LogP contribution >= 0.6 is 11.6 Å². The fourth-order valence-corrected chi connectivity index (χ4v) is 1.75. The van der Waals surface area contributed by atoms with Crippen LogP contribution in [0.4, 0.5) is 5.82 Å². The number of pyridine rings is 1. The van der Waals surface area contributed by atoms with E-state index in [0.717, 1.165) is 6.42 Å². The summed E-state index contributed by atoms with van der Waals surface area (Å²) >= 11 is 5.96. The molecule has 0 atom stereocenters. The second kappa shape index (κ2) is 6.94. The van der Waals surface area contributed by atoms with Crippen molar-refractivity contribution in [2.24, 2.45) is 0 Å². The van der Waals surface area contributed by atoms with Crippen LogP contribution < -0.4 is 10.2 Å². The van der Waals surface area contributed by atoms with Crippen LogP contribution in [0.2, 0.25) is 5.02 Å². The van der Waals surface area contributed by atoms with Gasteiger partial charge in [0.15, 0.2) is 0 Å². The Bertz CT molecular complexity index is 479. The zero-order valence-corrected chi connectivity index (χ0v) is 11.6. The minimum absolute atomic E-state index is 0.0117. The molecule has 0 aliphatic heterocycles. The number of nitrogens with zero attached hydrogens (tertiary/aromatic N) is 2. The fraction of sp³-hybridized carbons (Fsp3) is 0.417. The van der Waals surface area contributed by atoms with E-state index in [-0.39, 0.29) is 23.0 Å². The number of aromatic carboxylic acids is 1. The van der Waals surface area contributed by atoms with Gasteiger partial charge in [-0.2, -0.15) is 0 Å². The van der Waals surface area contributed by atoms with Crippen LogP contribution in [0.5, 0.6) is 0 Å². The number of hydrogen-bond acceptors (Lipinski definition) is 4. The van der Waals surface area contributed by atoms with Crippen LogP contribution in [0.1, 0.15) is 23.7 Å². The number of nitrogens with one attached hydrogen (secondary N) is 1. The summed E-state index contributed by atoms with van der Waals surface area (Å²) in [7, 11) is 1.67. The lowest BCUT2D eigenvalue weighted by Gasteiger charge is -2.18. The van der Waals surface area contributed by atoms with Gasteiger partial charge in [0.05, 0.1) is 17.1 Å². The summed E-state index contributed by atoms with van der Waals surface area (Å²) in [4.78, 5) is 27.8. The third kappa shape index (κ3) is 4.40. The normalized spacial score (nSPS) is 10.1. The van der Waals surface area contributed by atoms with Crippen molar-refractivity contribution in [1.29, 1.82) is 0 Å². The molecule has 0 radical (unpaired) electrons. The predicted octanol–water partition coefficient (Wildman–Crippen LogP) is 1.40. The summed E-state index contributed by atoms with van der Waals surface area (Å²) in [5.74, 6) is -0.855. The van der Waals surface area contributed by atoms with Gasteiger partial charge in [0.2, 0.25) is 5.91 Å². The highest BCUT2D eigenvalue weighted by Gasteiger charge is 2.14. The van der Waals surface area contributed by atoms with Crippen molar-refractivity contribution >= 4 is 29.3 Å². The number of carbonyl (C=O) groups is 2. The van der Waals surface area contributed by atoms with Crippen molar-refractivity contribution in [3.63, 3.8) is 0 Å². The molecule has 0 aliphatic rings. The van der Waals surface area contributed by atoms with E-state index < -0.39 is 5.97 Å². The largest absolute Gasteiger partial charge is 0.478 e. The molecule has 1 aromatic heterocycles. The summed E-state index contributed by atoms with van der Waals surface area (Å²) in [6.07, 6.45) is 2.08. The van der Waals surface area contributed by atoms with Crippen molar-refractivity contribution in [1.82, 2.24) is 10.3 Å². The van der Waals surface area contributed by atoms with Gasteiger partial charge in [-0.1, -0.05) is 18.5 Å². The topological polar surface area (TPSA) is 82.5 Å². The molecule has 19 heavy (non-hydrogen) atoms. The average Bonchev–Trinajstić information content (AvgIpc) is 2.35. The standard InChI is InChI=1S/C12H16ClN3O3/c1-3-4-14-10(17)7-16(2)11-9(13)5-8(6-15-11)12(18)19/h5-6H,3-4,7H2,1-2H3,(H,14,17)(H,18,19). The highest BCUT2D eigenvalue weighted by atomic mass is 35.5. The van der Waals surface area contributed by atoms with E-state index in [4.69, 9.17) is 16.7 Å². The zero-order valence-electron chi connectivity index (χ0n) is 10.8. The van der Waals surface area contributed by atoms with E-state index in [9.17, 15) is 9.59 Å². The fourth-order valence-electron chi connectivity index (χ4n) is 1.44. The number of carboxylic acids is 1. The highest BCUT2D eigenvalue weighted by molar-refractivity contribution is 6.33. The van der Waals surface area contributed by atoms with Crippen LogP contribution in [0, 0.1) is 0 Å². The number of anilines is 1. The number of amides is 1. The molecule has 0 bridgehead atoms. The Hall–Kier alpha value is -1.82. The van der Waals surface area contributed by atoms with Crippen molar-refractivity contribution in [2.75, 3.05) is 25.0 Å². The zero-order chi connectivity index (χ0) is 14.4. The molecule has 2 N–H and O–H groups in total. The van der Waals surface area contributed by atoms with E-state index in [2.05, 4.69) is 10.3 Å². The van der Waals surface area contributed by atoms with E-state index in [1.165, 1.54) is 12.3 Å². The SMILES string of the molecule is CCCNC(=O)CN(C)c1ncc(C(=O)O)cc1Cl. The molecular formula is C12H16ClN3O3. The molecule has 0 aromatic carbocycles. The summed E-state index contributed by atoms with van der Waals surface area (Å²) in [5, 5.41) is 11.7. The first-order valence-corrected chi connectivity index (χ1v) is 6.20. The van der Waals surface area contributed by atoms with Crippen molar-refractivity contribution < 1.29 is 14.7 Å². The molecule has 0 aliphatic carbocycles. The molecule has 1 aromatic rings. The first kappa shape index (κ1) is 15.2. The number of likely N-dealkylation sites (N-methyl/N-ethyl adjacent to an activating group) is 1. The van der Waals surface area contributed by atoms with E-state index in [1.54, 1.807) is 11.9 Å². The third-order valence-electron chi connectivity index (χ3n) is 2.38. The Labute approximate surface area is 116 Å². The second-order valence-corrected chi connectivity index (χ2v) is 4.45. The third-order valence-corrected chi connectivity index (χ3v) is 2.66. The number of aromatic nitrogens is 1. The van der Waals surface area contributed by atoms with Crippen LogP contribution in [0.25, 0.3) is 0 Å². The molecule has 0 saturated heterocycles. The van der Waals surface area contributed by atoms with Crippen LogP contribution in [0.3, 0.4) is 0 Å².